The third-order valence-electron chi connectivity index (χ3n) is 2.03. The van der Waals surface area contributed by atoms with E-state index in [1.807, 2.05) is 13.0 Å². The third kappa shape index (κ3) is 4.44. The SMILES string of the molecule is C=CCC(N)C(OCC)C(C)(C)C. The van der Waals surface area contributed by atoms with E-state index in [1.54, 1.807) is 0 Å². The lowest BCUT2D eigenvalue weighted by atomic mass is 9.84. The second-order valence-corrected chi connectivity index (χ2v) is 4.43. The number of hydrogen-bond donors (Lipinski definition) is 1. The van der Waals surface area contributed by atoms with Crippen LogP contribution in [0.2, 0.25) is 0 Å². The molecule has 0 rings (SSSR count). The minimum Gasteiger partial charge on any atom is -0.376 e. The fourth-order valence-corrected chi connectivity index (χ4v) is 1.51. The summed E-state index contributed by atoms with van der Waals surface area (Å²) in [6.07, 6.45) is 2.76. The second-order valence-electron chi connectivity index (χ2n) is 4.43. The molecule has 0 spiro atoms. The van der Waals surface area contributed by atoms with Gasteiger partial charge in [0.25, 0.3) is 0 Å². The van der Waals surface area contributed by atoms with Crippen LogP contribution in [0.5, 0.6) is 0 Å². The van der Waals surface area contributed by atoms with Gasteiger partial charge >= 0.3 is 0 Å². The van der Waals surface area contributed by atoms with Crippen molar-refractivity contribution >= 4 is 0 Å². The van der Waals surface area contributed by atoms with Crippen LogP contribution in [0.15, 0.2) is 12.7 Å². The normalized spacial score (nSPS) is 16.7. The predicted molar refractivity (Wildman–Crippen MR) is 57.7 cm³/mol. The first kappa shape index (κ1) is 12.7. The van der Waals surface area contributed by atoms with E-state index in [2.05, 4.69) is 27.4 Å². The van der Waals surface area contributed by atoms with Gasteiger partial charge in [0.15, 0.2) is 0 Å². The van der Waals surface area contributed by atoms with Crippen molar-refractivity contribution in [3.63, 3.8) is 0 Å². The Hall–Kier alpha value is -0.340. The van der Waals surface area contributed by atoms with Crippen LogP contribution in [-0.2, 0) is 4.74 Å². The fraction of sp³-hybridized carbons (Fsp3) is 0.818. The summed E-state index contributed by atoms with van der Waals surface area (Å²) in [7, 11) is 0. The maximum atomic E-state index is 6.00. The van der Waals surface area contributed by atoms with Crippen molar-refractivity contribution in [1.29, 1.82) is 0 Å². The van der Waals surface area contributed by atoms with Crippen LogP contribution < -0.4 is 5.73 Å². The van der Waals surface area contributed by atoms with Gasteiger partial charge < -0.3 is 10.5 Å². The van der Waals surface area contributed by atoms with Crippen molar-refractivity contribution in [2.24, 2.45) is 11.1 Å². The lowest BCUT2D eigenvalue weighted by molar-refractivity contribution is -0.0269. The largest absolute Gasteiger partial charge is 0.376 e. The summed E-state index contributed by atoms with van der Waals surface area (Å²) in [5.74, 6) is 0. The molecule has 0 aromatic heterocycles. The Bertz CT molecular complexity index is 149. The van der Waals surface area contributed by atoms with Gasteiger partial charge in [-0.1, -0.05) is 26.8 Å². The summed E-state index contributed by atoms with van der Waals surface area (Å²) in [5.41, 5.74) is 6.10. The topological polar surface area (TPSA) is 35.2 Å². The van der Waals surface area contributed by atoms with Gasteiger partial charge in [-0.3, -0.25) is 0 Å². The predicted octanol–water partition coefficient (Wildman–Crippen LogP) is 2.34. The highest BCUT2D eigenvalue weighted by Gasteiger charge is 2.29. The summed E-state index contributed by atoms with van der Waals surface area (Å²) < 4.78 is 5.65. The molecule has 0 saturated heterocycles. The molecule has 0 aliphatic heterocycles. The van der Waals surface area contributed by atoms with Gasteiger partial charge in [-0.25, -0.2) is 0 Å². The minimum absolute atomic E-state index is 0.0532. The van der Waals surface area contributed by atoms with Crippen molar-refractivity contribution in [3.05, 3.63) is 12.7 Å². The molecule has 78 valence electrons. The first-order chi connectivity index (χ1) is 5.93. The number of ether oxygens (including phenoxy) is 1. The fourth-order valence-electron chi connectivity index (χ4n) is 1.51. The van der Waals surface area contributed by atoms with E-state index in [0.717, 1.165) is 6.42 Å². The molecule has 0 aromatic carbocycles. The highest BCUT2D eigenvalue weighted by atomic mass is 16.5. The summed E-state index contributed by atoms with van der Waals surface area (Å²) >= 11 is 0. The highest BCUT2D eigenvalue weighted by molar-refractivity contribution is 4.88. The molecule has 0 aliphatic rings. The van der Waals surface area contributed by atoms with Crippen LogP contribution in [0.3, 0.4) is 0 Å². The zero-order chi connectivity index (χ0) is 10.5. The molecule has 13 heavy (non-hydrogen) atoms. The van der Waals surface area contributed by atoms with Gasteiger partial charge in [-0.15, -0.1) is 6.58 Å². The highest BCUT2D eigenvalue weighted by Crippen LogP contribution is 2.25. The molecule has 2 atom stereocenters. The van der Waals surface area contributed by atoms with Crippen LogP contribution >= 0.6 is 0 Å². The molecule has 0 radical (unpaired) electrons. The van der Waals surface area contributed by atoms with Crippen molar-refractivity contribution < 1.29 is 4.74 Å². The Labute approximate surface area is 82.2 Å². The molecule has 0 aliphatic carbocycles. The number of hydrogen-bond acceptors (Lipinski definition) is 2. The molecule has 0 heterocycles. The van der Waals surface area contributed by atoms with Gasteiger partial charge in [-0.05, 0) is 18.8 Å². The quantitative estimate of drug-likeness (QED) is 0.667. The molecule has 0 saturated carbocycles. The molecular weight excluding hydrogens is 162 g/mol. The number of rotatable bonds is 5. The Morgan fingerprint density at radius 2 is 2.00 bits per heavy atom. The maximum Gasteiger partial charge on any atom is 0.0776 e. The van der Waals surface area contributed by atoms with Gasteiger partial charge in [0, 0.05) is 12.6 Å². The summed E-state index contributed by atoms with van der Waals surface area (Å²) in [6, 6.07) is 0.0532. The van der Waals surface area contributed by atoms with E-state index in [0.29, 0.717) is 6.61 Å². The summed E-state index contributed by atoms with van der Waals surface area (Å²) in [4.78, 5) is 0. The molecule has 0 fully saturated rings. The standard InChI is InChI=1S/C11H23NO/c1-6-8-9(12)10(13-7-2)11(3,4)5/h6,9-10H,1,7-8,12H2,2-5H3. The monoisotopic (exact) mass is 185 g/mol. The zero-order valence-corrected chi connectivity index (χ0v) is 9.34. The van der Waals surface area contributed by atoms with Crippen LogP contribution in [0.25, 0.3) is 0 Å². The molecule has 0 amide bonds. The smallest absolute Gasteiger partial charge is 0.0776 e. The molecule has 2 N–H and O–H groups in total. The molecule has 2 heteroatoms. The van der Waals surface area contributed by atoms with Gasteiger partial charge in [0.1, 0.15) is 0 Å². The lowest BCUT2D eigenvalue weighted by Gasteiger charge is -2.34. The van der Waals surface area contributed by atoms with Gasteiger partial charge in [0.2, 0.25) is 0 Å². The molecule has 0 aromatic rings. The first-order valence-corrected chi connectivity index (χ1v) is 4.91. The van der Waals surface area contributed by atoms with E-state index in [1.165, 1.54) is 0 Å². The van der Waals surface area contributed by atoms with Crippen molar-refractivity contribution in [3.8, 4) is 0 Å². The molecule has 2 unspecified atom stereocenters. The molecular formula is C11H23NO. The average Bonchev–Trinajstić information content (AvgIpc) is 1.98. The number of nitrogens with two attached hydrogens (primary N) is 1. The van der Waals surface area contributed by atoms with E-state index >= 15 is 0 Å². The summed E-state index contributed by atoms with van der Waals surface area (Å²) in [5, 5.41) is 0. The van der Waals surface area contributed by atoms with Crippen LogP contribution in [0.1, 0.15) is 34.1 Å². The second kappa shape index (κ2) is 5.40. The Morgan fingerprint density at radius 3 is 2.31 bits per heavy atom. The van der Waals surface area contributed by atoms with E-state index in [4.69, 9.17) is 10.5 Å². The van der Waals surface area contributed by atoms with Crippen molar-refractivity contribution in [1.82, 2.24) is 0 Å². The van der Waals surface area contributed by atoms with Gasteiger partial charge in [-0.2, -0.15) is 0 Å². The average molecular weight is 185 g/mol. The van der Waals surface area contributed by atoms with Crippen LogP contribution in [0, 0.1) is 5.41 Å². The van der Waals surface area contributed by atoms with E-state index in [9.17, 15) is 0 Å². The Morgan fingerprint density at radius 1 is 1.46 bits per heavy atom. The van der Waals surface area contributed by atoms with Crippen molar-refractivity contribution in [2.75, 3.05) is 6.61 Å². The maximum absolute atomic E-state index is 6.00. The van der Waals surface area contributed by atoms with Gasteiger partial charge in [0.05, 0.1) is 6.10 Å². The van der Waals surface area contributed by atoms with Crippen molar-refractivity contribution in [2.45, 2.75) is 46.3 Å². The molecule has 0 bridgehead atoms. The van der Waals surface area contributed by atoms with E-state index < -0.39 is 0 Å². The van der Waals surface area contributed by atoms with E-state index in [-0.39, 0.29) is 17.6 Å². The van der Waals surface area contributed by atoms with Crippen LogP contribution in [-0.4, -0.2) is 18.8 Å². The Balaban J connectivity index is 4.31. The van der Waals surface area contributed by atoms with Crippen LogP contribution in [0.4, 0.5) is 0 Å². The lowest BCUT2D eigenvalue weighted by Crippen LogP contribution is -2.45. The summed E-state index contributed by atoms with van der Waals surface area (Å²) in [6.45, 7) is 12.9. The molecule has 2 nitrogen and oxygen atoms in total. The first-order valence-electron chi connectivity index (χ1n) is 4.91. The third-order valence-corrected chi connectivity index (χ3v) is 2.03. The zero-order valence-electron chi connectivity index (χ0n) is 9.34. The Kier molecular flexibility index (Phi) is 5.26. The minimum atomic E-state index is 0.0532.